The molecule has 0 aliphatic heterocycles. The molecule has 31 heavy (non-hydrogen) atoms. The summed E-state index contributed by atoms with van der Waals surface area (Å²) < 4.78 is 8.61. The summed E-state index contributed by atoms with van der Waals surface area (Å²) in [6.07, 6.45) is 0. The molecule has 0 spiro atoms. The van der Waals surface area contributed by atoms with Crippen LogP contribution in [0.2, 0.25) is 5.02 Å². The number of furan rings is 1. The summed E-state index contributed by atoms with van der Waals surface area (Å²) in [7, 11) is 0. The monoisotopic (exact) mass is 515 g/mol. The molecule has 0 fully saturated rings. The zero-order valence-electron chi connectivity index (χ0n) is 16.9. The number of hydrogen-bond acceptors (Lipinski definition) is 4. The number of benzene rings is 2. The van der Waals surface area contributed by atoms with E-state index >= 15 is 0 Å². The van der Waals surface area contributed by atoms with Crippen LogP contribution in [0.1, 0.15) is 27.7 Å². The molecule has 4 rings (SSSR count). The third-order valence-electron chi connectivity index (χ3n) is 4.66. The van der Waals surface area contributed by atoms with Gasteiger partial charge in [-0.05, 0) is 78.3 Å². The summed E-state index contributed by atoms with van der Waals surface area (Å²) >= 11 is 11.0. The van der Waals surface area contributed by atoms with Crippen molar-refractivity contribution in [2.75, 3.05) is 5.32 Å². The molecule has 0 unspecified atom stereocenters. The van der Waals surface area contributed by atoms with Crippen LogP contribution in [-0.4, -0.2) is 15.7 Å². The topological polar surface area (TPSA) is 60.1 Å². The molecule has 0 saturated carbocycles. The van der Waals surface area contributed by atoms with Gasteiger partial charge in [0.15, 0.2) is 5.76 Å². The van der Waals surface area contributed by atoms with E-state index in [0.29, 0.717) is 23.0 Å². The first kappa shape index (κ1) is 21.7. The predicted molar refractivity (Wildman–Crippen MR) is 127 cm³/mol. The van der Waals surface area contributed by atoms with Crippen LogP contribution in [0.5, 0.6) is 0 Å². The van der Waals surface area contributed by atoms with Gasteiger partial charge < -0.3 is 9.73 Å². The first-order chi connectivity index (χ1) is 14.9. The zero-order chi connectivity index (χ0) is 22.0. The van der Waals surface area contributed by atoms with E-state index in [1.165, 1.54) is 0 Å². The highest BCUT2D eigenvalue weighted by Gasteiger charge is 2.16. The Labute approximate surface area is 197 Å². The second-order valence-electron chi connectivity index (χ2n) is 6.91. The van der Waals surface area contributed by atoms with Gasteiger partial charge in [0.2, 0.25) is 0 Å². The summed E-state index contributed by atoms with van der Waals surface area (Å²) in [6.45, 7) is 4.37. The van der Waals surface area contributed by atoms with Crippen LogP contribution in [-0.2, 0) is 6.54 Å². The Kier molecular flexibility index (Phi) is 6.55. The molecule has 4 aromatic rings. The van der Waals surface area contributed by atoms with Crippen molar-refractivity contribution in [2.45, 2.75) is 30.2 Å². The van der Waals surface area contributed by atoms with Crippen LogP contribution in [0.4, 0.5) is 5.69 Å². The van der Waals surface area contributed by atoms with E-state index in [2.05, 4.69) is 26.3 Å². The normalized spacial score (nSPS) is 11.0. The summed E-state index contributed by atoms with van der Waals surface area (Å²) in [5, 5.41) is 8.12. The lowest BCUT2D eigenvalue weighted by molar-refractivity contribution is 0.0994. The molecule has 0 bridgehead atoms. The lowest BCUT2D eigenvalue weighted by Crippen LogP contribution is -2.11. The van der Waals surface area contributed by atoms with E-state index in [1.54, 1.807) is 23.9 Å². The highest BCUT2D eigenvalue weighted by molar-refractivity contribution is 9.10. The minimum Gasteiger partial charge on any atom is -0.454 e. The molecule has 158 valence electrons. The van der Waals surface area contributed by atoms with E-state index < -0.39 is 0 Å². The smallest absolute Gasteiger partial charge is 0.291 e. The van der Waals surface area contributed by atoms with Crippen LogP contribution in [0, 0.1) is 13.8 Å². The molecule has 5 nitrogen and oxygen atoms in total. The molecular formula is C23H19BrClN3O2S. The fourth-order valence-corrected chi connectivity index (χ4v) is 4.35. The molecule has 2 heterocycles. The molecular weight excluding hydrogens is 498 g/mol. The number of aromatic nitrogens is 2. The fourth-order valence-electron chi connectivity index (χ4n) is 3.03. The number of hydrogen-bond donors (Lipinski definition) is 1. The Morgan fingerprint density at radius 3 is 2.58 bits per heavy atom. The minimum atomic E-state index is -0.301. The average Bonchev–Trinajstić information content (AvgIpc) is 3.32. The van der Waals surface area contributed by atoms with E-state index in [-0.39, 0.29) is 11.7 Å². The highest BCUT2D eigenvalue weighted by Crippen LogP contribution is 2.34. The quantitative estimate of drug-likeness (QED) is 0.301. The zero-order valence-corrected chi connectivity index (χ0v) is 20.0. The van der Waals surface area contributed by atoms with Crippen molar-refractivity contribution in [1.82, 2.24) is 9.78 Å². The molecule has 0 aliphatic rings. The predicted octanol–water partition coefficient (Wildman–Crippen LogP) is 6.96. The number of amides is 1. The average molecular weight is 517 g/mol. The Morgan fingerprint density at radius 2 is 1.87 bits per heavy atom. The van der Waals surface area contributed by atoms with Gasteiger partial charge in [-0.2, -0.15) is 5.10 Å². The number of rotatable bonds is 6. The Bertz CT molecular complexity index is 1230. The molecule has 1 amide bonds. The van der Waals surface area contributed by atoms with Gasteiger partial charge in [-0.1, -0.05) is 35.5 Å². The molecule has 0 saturated heterocycles. The van der Waals surface area contributed by atoms with Gasteiger partial charge in [0, 0.05) is 14.8 Å². The standard InChI is InChI=1S/C23H19BrClN3O2S/c1-14-22(24)15(2)28(27-14)13-17-9-12-20(30-17)23(29)26-19-5-3-4-6-21(19)31-18-10-7-16(25)8-11-18/h3-12H,13H2,1-2H3,(H,26,29). The van der Waals surface area contributed by atoms with Gasteiger partial charge in [0.25, 0.3) is 5.91 Å². The van der Waals surface area contributed by atoms with Gasteiger partial charge in [0.05, 0.1) is 28.1 Å². The lowest BCUT2D eigenvalue weighted by atomic mass is 10.3. The molecule has 0 radical (unpaired) electrons. The fraction of sp³-hybridized carbons (Fsp3) is 0.130. The Morgan fingerprint density at radius 1 is 1.13 bits per heavy atom. The molecule has 1 N–H and O–H groups in total. The highest BCUT2D eigenvalue weighted by atomic mass is 79.9. The van der Waals surface area contributed by atoms with Crippen molar-refractivity contribution in [1.29, 1.82) is 0 Å². The molecule has 2 aromatic carbocycles. The van der Waals surface area contributed by atoms with Crippen LogP contribution < -0.4 is 5.32 Å². The maximum absolute atomic E-state index is 12.8. The number of carbonyl (C=O) groups excluding carboxylic acids is 1. The van der Waals surface area contributed by atoms with Gasteiger partial charge in [-0.3, -0.25) is 9.48 Å². The number of carbonyl (C=O) groups is 1. The first-order valence-electron chi connectivity index (χ1n) is 9.52. The maximum Gasteiger partial charge on any atom is 0.291 e. The van der Waals surface area contributed by atoms with E-state index in [1.807, 2.05) is 67.1 Å². The van der Waals surface area contributed by atoms with E-state index in [4.69, 9.17) is 16.0 Å². The summed E-state index contributed by atoms with van der Waals surface area (Å²) in [4.78, 5) is 14.8. The largest absolute Gasteiger partial charge is 0.454 e. The van der Waals surface area contributed by atoms with Gasteiger partial charge in [0.1, 0.15) is 5.76 Å². The molecule has 2 aromatic heterocycles. The molecule has 0 aliphatic carbocycles. The maximum atomic E-state index is 12.8. The number of halogens is 2. The van der Waals surface area contributed by atoms with E-state index in [0.717, 1.165) is 25.7 Å². The number of para-hydroxylation sites is 1. The van der Waals surface area contributed by atoms with Crippen molar-refractivity contribution in [2.24, 2.45) is 0 Å². The van der Waals surface area contributed by atoms with Gasteiger partial charge in [-0.25, -0.2) is 0 Å². The summed E-state index contributed by atoms with van der Waals surface area (Å²) in [6, 6.07) is 18.7. The van der Waals surface area contributed by atoms with Crippen LogP contribution >= 0.6 is 39.3 Å². The minimum absolute atomic E-state index is 0.252. The Hall–Kier alpha value is -2.48. The van der Waals surface area contributed by atoms with Crippen molar-refractivity contribution in [3.05, 3.63) is 93.1 Å². The van der Waals surface area contributed by atoms with Crippen LogP contribution in [0.15, 0.2) is 79.3 Å². The Balaban J connectivity index is 1.48. The van der Waals surface area contributed by atoms with E-state index in [9.17, 15) is 4.79 Å². The number of aryl methyl sites for hydroxylation is 1. The van der Waals surface area contributed by atoms with Crippen molar-refractivity contribution in [3.8, 4) is 0 Å². The van der Waals surface area contributed by atoms with Crippen molar-refractivity contribution >= 4 is 50.9 Å². The van der Waals surface area contributed by atoms with Crippen LogP contribution in [0.25, 0.3) is 0 Å². The van der Waals surface area contributed by atoms with Crippen molar-refractivity contribution in [3.63, 3.8) is 0 Å². The number of anilines is 1. The van der Waals surface area contributed by atoms with Crippen molar-refractivity contribution < 1.29 is 9.21 Å². The second kappa shape index (κ2) is 9.34. The first-order valence-corrected chi connectivity index (χ1v) is 11.5. The summed E-state index contributed by atoms with van der Waals surface area (Å²) in [5.41, 5.74) is 2.64. The lowest BCUT2D eigenvalue weighted by Gasteiger charge is -2.10. The summed E-state index contributed by atoms with van der Waals surface area (Å²) in [5.74, 6) is 0.610. The van der Waals surface area contributed by atoms with Gasteiger partial charge >= 0.3 is 0 Å². The third-order valence-corrected chi connectivity index (χ3v) is 7.14. The SMILES string of the molecule is Cc1nn(Cc2ccc(C(=O)Nc3ccccc3Sc3ccc(Cl)cc3)o2)c(C)c1Br. The third kappa shape index (κ3) is 5.06. The molecule has 8 heteroatoms. The second-order valence-corrected chi connectivity index (χ2v) is 9.26. The number of nitrogens with zero attached hydrogens (tertiary/aromatic N) is 2. The number of nitrogens with one attached hydrogen (secondary N) is 1. The van der Waals surface area contributed by atoms with Crippen LogP contribution in [0.3, 0.4) is 0 Å². The van der Waals surface area contributed by atoms with Gasteiger partial charge in [-0.15, -0.1) is 0 Å². The molecule has 0 atom stereocenters.